The van der Waals surface area contributed by atoms with Crippen LogP contribution in [0.2, 0.25) is 0 Å². The smallest absolute Gasteiger partial charge is 0.341 e. The third-order valence-electron chi connectivity index (χ3n) is 3.90. The van der Waals surface area contributed by atoms with Crippen LogP contribution in [0.25, 0.3) is 0 Å². The minimum Gasteiger partial charge on any atom is -0.341 e. The summed E-state index contributed by atoms with van der Waals surface area (Å²) in [7, 11) is -3.60. The highest BCUT2D eigenvalue weighted by molar-refractivity contribution is 7.54. The highest BCUT2D eigenvalue weighted by atomic mass is 31.2. The van der Waals surface area contributed by atoms with E-state index >= 15 is 0 Å². The number of nitrogens with one attached hydrogen (secondary N) is 1. The topological polar surface area (TPSA) is 64.6 Å². The van der Waals surface area contributed by atoms with Crippen LogP contribution >= 0.6 is 7.60 Å². The summed E-state index contributed by atoms with van der Waals surface area (Å²) >= 11 is 0. The predicted octanol–water partition coefficient (Wildman–Crippen LogP) is 4.96. The monoisotopic (exact) mass is 403 g/mol. The molecule has 0 radical (unpaired) electrons. The van der Waals surface area contributed by atoms with Crippen LogP contribution < -0.4 is 5.32 Å². The van der Waals surface area contributed by atoms with Gasteiger partial charge in [0, 0.05) is 6.42 Å². The second kappa shape index (κ2) is 10.6. The molecule has 0 aliphatic heterocycles. The Morgan fingerprint density at radius 3 is 1.79 bits per heavy atom. The predicted molar refractivity (Wildman–Crippen MR) is 112 cm³/mol. The molecule has 152 valence electrons. The summed E-state index contributed by atoms with van der Waals surface area (Å²) in [6.07, 6.45) is -0.0316. The van der Waals surface area contributed by atoms with Crippen molar-refractivity contribution >= 4 is 13.5 Å². The Morgan fingerprint density at radius 1 is 0.857 bits per heavy atom. The molecule has 0 heterocycles. The molecule has 0 saturated heterocycles. The molecular weight excluding hydrogens is 373 g/mol. The number of benzene rings is 2. The second-order valence-electron chi connectivity index (χ2n) is 7.28. The van der Waals surface area contributed by atoms with Crippen LogP contribution in [0, 0.1) is 0 Å². The average molecular weight is 403 g/mol. The average Bonchev–Trinajstić information content (AvgIpc) is 2.61. The first-order valence-corrected chi connectivity index (χ1v) is 11.2. The molecule has 1 unspecified atom stereocenters. The van der Waals surface area contributed by atoms with Gasteiger partial charge >= 0.3 is 7.60 Å². The normalized spacial score (nSPS) is 12.9. The van der Waals surface area contributed by atoms with Gasteiger partial charge < -0.3 is 14.4 Å². The molecule has 1 atom stereocenters. The van der Waals surface area contributed by atoms with Crippen LogP contribution in [0.5, 0.6) is 0 Å². The van der Waals surface area contributed by atoms with E-state index in [1.165, 1.54) is 0 Å². The zero-order valence-electron chi connectivity index (χ0n) is 17.0. The number of amides is 1. The fourth-order valence-corrected chi connectivity index (χ4v) is 5.11. The third-order valence-corrected chi connectivity index (χ3v) is 6.41. The van der Waals surface area contributed by atoms with Crippen molar-refractivity contribution in [2.24, 2.45) is 0 Å². The van der Waals surface area contributed by atoms with Gasteiger partial charge in [-0.2, -0.15) is 0 Å². The Morgan fingerprint density at radius 2 is 1.32 bits per heavy atom. The lowest BCUT2D eigenvalue weighted by Gasteiger charge is -2.30. The van der Waals surface area contributed by atoms with E-state index in [1.54, 1.807) is 0 Å². The largest absolute Gasteiger partial charge is 0.353 e. The Balaban J connectivity index is 2.26. The molecule has 5 nitrogen and oxygen atoms in total. The van der Waals surface area contributed by atoms with Crippen molar-refractivity contribution in [3.8, 4) is 0 Å². The van der Waals surface area contributed by atoms with Gasteiger partial charge in [0.2, 0.25) is 5.91 Å². The maximum Gasteiger partial charge on any atom is 0.353 e. The molecule has 0 bridgehead atoms. The minimum absolute atomic E-state index is 0.204. The minimum atomic E-state index is -3.60. The van der Waals surface area contributed by atoms with Gasteiger partial charge in [0.05, 0.1) is 18.6 Å². The van der Waals surface area contributed by atoms with Gasteiger partial charge in [-0.3, -0.25) is 9.36 Å². The lowest BCUT2D eigenvalue weighted by Crippen LogP contribution is -2.39. The van der Waals surface area contributed by atoms with Gasteiger partial charge in [-0.1, -0.05) is 60.7 Å². The van der Waals surface area contributed by atoms with Crippen LogP contribution in [0.4, 0.5) is 0 Å². The van der Waals surface area contributed by atoms with E-state index in [1.807, 2.05) is 88.4 Å². The third kappa shape index (κ3) is 7.23. The molecule has 2 rings (SSSR count). The van der Waals surface area contributed by atoms with Crippen LogP contribution in [-0.4, -0.2) is 23.9 Å². The molecule has 1 N–H and O–H groups in total. The van der Waals surface area contributed by atoms with Gasteiger partial charge in [-0.25, -0.2) is 0 Å². The molecule has 0 fully saturated rings. The molecule has 0 spiro atoms. The first kappa shape index (κ1) is 22.4. The molecule has 1 amide bonds. The molecule has 6 heteroatoms. The fraction of sp³-hybridized carbons (Fsp3) is 0.409. The lowest BCUT2D eigenvalue weighted by atomic mass is 10.1. The molecule has 0 aliphatic rings. The van der Waals surface area contributed by atoms with Crippen molar-refractivity contribution in [3.63, 3.8) is 0 Å². The first-order valence-electron chi connectivity index (χ1n) is 9.62. The molecule has 0 aliphatic carbocycles. The van der Waals surface area contributed by atoms with Gasteiger partial charge in [0.25, 0.3) is 0 Å². The van der Waals surface area contributed by atoms with Crippen molar-refractivity contribution < 1.29 is 18.4 Å². The Kier molecular flexibility index (Phi) is 8.43. The van der Waals surface area contributed by atoms with E-state index in [2.05, 4.69) is 5.32 Å². The number of rotatable bonds is 10. The highest BCUT2D eigenvalue weighted by Gasteiger charge is 2.39. The van der Waals surface area contributed by atoms with Crippen LogP contribution in [0.1, 0.15) is 38.8 Å². The van der Waals surface area contributed by atoms with Crippen molar-refractivity contribution in [3.05, 3.63) is 71.8 Å². The van der Waals surface area contributed by atoms with Crippen molar-refractivity contribution in [2.75, 3.05) is 0 Å². The molecule has 0 aromatic heterocycles. The quantitative estimate of drug-likeness (QED) is 0.570. The van der Waals surface area contributed by atoms with Crippen LogP contribution in [0.15, 0.2) is 60.7 Å². The summed E-state index contributed by atoms with van der Waals surface area (Å²) in [5, 5.41) is 2.91. The van der Waals surface area contributed by atoms with E-state index in [0.717, 1.165) is 11.1 Å². The van der Waals surface area contributed by atoms with Gasteiger partial charge in [0.1, 0.15) is 5.78 Å². The van der Waals surface area contributed by atoms with Crippen molar-refractivity contribution in [1.29, 1.82) is 0 Å². The fourth-order valence-electron chi connectivity index (χ4n) is 2.86. The molecule has 0 saturated carbocycles. The molecule has 2 aromatic carbocycles. The molecule has 2 aromatic rings. The number of carbonyl (C=O) groups is 1. The highest BCUT2D eigenvalue weighted by Crippen LogP contribution is 2.55. The van der Waals surface area contributed by atoms with E-state index in [0.29, 0.717) is 6.42 Å². The second-order valence-corrected chi connectivity index (χ2v) is 9.41. The summed E-state index contributed by atoms with van der Waals surface area (Å²) in [4.78, 5) is 12.7. The van der Waals surface area contributed by atoms with E-state index < -0.39 is 13.4 Å². The summed E-state index contributed by atoms with van der Waals surface area (Å²) in [5.41, 5.74) is 1.84. The summed E-state index contributed by atoms with van der Waals surface area (Å²) < 4.78 is 25.2. The number of carbonyl (C=O) groups excluding carboxylic acids is 1. The van der Waals surface area contributed by atoms with E-state index in [9.17, 15) is 9.36 Å². The zero-order chi connectivity index (χ0) is 20.6. The maximum absolute atomic E-state index is 13.7. The van der Waals surface area contributed by atoms with E-state index in [-0.39, 0.29) is 24.5 Å². The Bertz CT molecular complexity index is 764. The first-order chi connectivity index (χ1) is 13.3. The summed E-state index contributed by atoms with van der Waals surface area (Å²) in [6.45, 7) is 7.23. The maximum atomic E-state index is 13.7. The SMILES string of the molecule is CC(C)OP(=O)(OC(C)C)C(Cc1ccccc1)NC(=O)Cc1ccccc1. The molecular formula is C22H30NO4P. The van der Waals surface area contributed by atoms with Crippen molar-refractivity contribution in [1.82, 2.24) is 5.32 Å². The van der Waals surface area contributed by atoms with Gasteiger partial charge in [-0.05, 0) is 38.8 Å². The van der Waals surface area contributed by atoms with Gasteiger partial charge in [0.15, 0.2) is 0 Å². The van der Waals surface area contributed by atoms with Gasteiger partial charge in [-0.15, -0.1) is 0 Å². The summed E-state index contributed by atoms with van der Waals surface area (Å²) in [6, 6.07) is 19.1. The Hall–Kier alpha value is -1.94. The standard InChI is InChI=1S/C22H30NO4P/c1-17(2)26-28(25,27-18(3)4)22(16-20-13-9-6-10-14-20)23-21(24)15-19-11-7-5-8-12-19/h5-14,17-18,22H,15-16H2,1-4H3,(H,23,24). The van der Waals surface area contributed by atoms with E-state index in [4.69, 9.17) is 9.05 Å². The Labute approximate surface area is 168 Å². The van der Waals surface area contributed by atoms with Crippen LogP contribution in [0.3, 0.4) is 0 Å². The zero-order valence-corrected chi connectivity index (χ0v) is 17.9. The number of hydrogen-bond donors (Lipinski definition) is 1. The summed E-state index contributed by atoms with van der Waals surface area (Å²) in [5.74, 6) is -0.983. The molecule has 28 heavy (non-hydrogen) atoms. The van der Waals surface area contributed by atoms with Crippen LogP contribution in [-0.2, 0) is 31.2 Å². The van der Waals surface area contributed by atoms with Crippen molar-refractivity contribution in [2.45, 2.75) is 58.5 Å². The number of hydrogen-bond acceptors (Lipinski definition) is 4. The lowest BCUT2D eigenvalue weighted by molar-refractivity contribution is -0.120.